The number of aryl methyl sites for hydroxylation is 1. The van der Waals surface area contributed by atoms with Crippen molar-refractivity contribution in [3.63, 3.8) is 0 Å². The van der Waals surface area contributed by atoms with Crippen LogP contribution >= 0.6 is 22.6 Å². The second kappa shape index (κ2) is 10.1. The Hall–Kier alpha value is -1.88. The van der Waals surface area contributed by atoms with E-state index in [2.05, 4.69) is 25.7 Å². The van der Waals surface area contributed by atoms with Gasteiger partial charge in [0.15, 0.2) is 5.82 Å². The van der Waals surface area contributed by atoms with E-state index in [9.17, 15) is 4.79 Å². The molecule has 0 aliphatic heterocycles. The maximum absolute atomic E-state index is 11.0. The summed E-state index contributed by atoms with van der Waals surface area (Å²) in [6.45, 7) is 3.60. The van der Waals surface area contributed by atoms with E-state index < -0.39 is 0 Å². The largest absolute Gasteiger partial charge is 0.491 e. The van der Waals surface area contributed by atoms with Gasteiger partial charge >= 0.3 is 0 Å². The molecule has 2 rings (SSSR count). The van der Waals surface area contributed by atoms with Gasteiger partial charge in [-0.05, 0) is 31.2 Å². The molecule has 24 heavy (non-hydrogen) atoms. The Bertz CT molecular complexity index is 637. The zero-order chi connectivity index (χ0) is 17.2. The maximum Gasteiger partial charge on any atom is 0.229 e. The molecule has 0 saturated heterocycles. The highest BCUT2D eigenvalue weighted by molar-refractivity contribution is 14.1. The second-order valence-electron chi connectivity index (χ2n) is 4.74. The zero-order valence-corrected chi connectivity index (χ0v) is 15.4. The number of nitrogens with zero attached hydrogens (tertiary/aromatic N) is 4. The summed E-state index contributed by atoms with van der Waals surface area (Å²) in [5.41, 5.74) is 0.824. The van der Waals surface area contributed by atoms with E-state index in [-0.39, 0.29) is 5.91 Å². The van der Waals surface area contributed by atoms with Crippen molar-refractivity contribution in [3.8, 4) is 17.1 Å². The number of alkyl halides is 1. The summed E-state index contributed by atoms with van der Waals surface area (Å²) >= 11 is 2.01. The molecule has 8 nitrogen and oxygen atoms in total. The molecule has 0 aliphatic rings. The van der Waals surface area contributed by atoms with Crippen LogP contribution in [0.2, 0.25) is 0 Å². The number of halogens is 1. The van der Waals surface area contributed by atoms with E-state index in [1.165, 1.54) is 0 Å². The number of rotatable bonds is 9. The Kier molecular flexibility index (Phi) is 7.75. The molecular formula is C15H18IN5O3. The quantitative estimate of drug-likeness (QED) is 0.353. The highest BCUT2D eigenvalue weighted by atomic mass is 127. The molecule has 1 aromatic carbocycles. The number of benzene rings is 1. The van der Waals surface area contributed by atoms with Crippen molar-refractivity contribution in [3.05, 3.63) is 30.1 Å². The molecule has 0 bridgehead atoms. The SMILES string of the molecule is Cc1nnc(-c2ccc(OCCOCCNC(=O)CI)cc2)nn1. The van der Waals surface area contributed by atoms with Gasteiger partial charge in [0, 0.05) is 12.1 Å². The van der Waals surface area contributed by atoms with E-state index in [0.717, 1.165) is 11.3 Å². The highest BCUT2D eigenvalue weighted by Crippen LogP contribution is 2.18. The summed E-state index contributed by atoms with van der Waals surface area (Å²) in [7, 11) is 0. The van der Waals surface area contributed by atoms with Gasteiger partial charge in [0.1, 0.15) is 12.4 Å². The van der Waals surface area contributed by atoms with Gasteiger partial charge in [0.05, 0.1) is 17.6 Å². The predicted octanol–water partition coefficient (Wildman–Crippen LogP) is 1.19. The van der Waals surface area contributed by atoms with Gasteiger partial charge < -0.3 is 14.8 Å². The first-order valence-corrected chi connectivity index (χ1v) is 8.89. The van der Waals surface area contributed by atoms with Gasteiger partial charge in [-0.25, -0.2) is 0 Å². The van der Waals surface area contributed by atoms with Crippen LogP contribution in [0.25, 0.3) is 11.4 Å². The summed E-state index contributed by atoms with van der Waals surface area (Å²) in [5, 5.41) is 18.5. The van der Waals surface area contributed by atoms with Crippen LogP contribution in [0, 0.1) is 6.92 Å². The van der Waals surface area contributed by atoms with Crippen LogP contribution in [0.3, 0.4) is 0 Å². The van der Waals surface area contributed by atoms with Crippen LogP contribution < -0.4 is 10.1 Å². The van der Waals surface area contributed by atoms with Gasteiger partial charge in [-0.2, -0.15) is 0 Å². The fourth-order valence-electron chi connectivity index (χ4n) is 1.73. The molecule has 0 saturated carbocycles. The van der Waals surface area contributed by atoms with Gasteiger partial charge in [-0.3, -0.25) is 4.79 Å². The number of hydrogen-bond donors (Lipinski definition) is 1. The molecular weight excluding hydrogens is 425 g/mol. The number of nitrogens with one attached hydrogen (secondary N) is 1. The van der Waals surface area contributed by atoms with Crippen LogP contribution in [0.5, 0.6) is 5.75 Å². The fraction of sp³-hybridized carbons (Fsp3) is 0.400. The number of hydrogen-bond acceptors (Lipinski definition) is 7. The van der Waals surface area contributed by atoms with Gasteiger partial charge in [0.25, 0.3) is 0 Å². The summed E-state index contributed by atoms with van der Waals surface area (Å²) in [6, 6.07) is 7.37. The summed E-state index contributed by atoms with van der Waals surface area (Å²) in [5.74, 6) is 1.75. The Morgan fingerprint density at radius 2 is 1.79 bits per heavy atom. The normalized spacial score (nSPS) is 10.4. The van der Waals surface area contributed by atoms with Crippen LogP contribution in [0.1, 0.15) is 5.82 Å². The Labute approximate surface area is 153 Å². The fourth-order valence-corrected chi connectivity index (χ4v) is 2.00. The molecule has 0 fully saturated rings. The molecule has 0 spiro atoms. The molecule has 1 heterocycles. The van der Waals surface area contributed by atoms with Crippen molar-refractivity contribution in [1.29, 1.82) is 0 Å². The van der Waals surface area contributed by atoms with E-state index in [1.807, 2.05) is 46.9 Å². The monoisotopic (exact) mass is 443 g/mol. The summed E-state index contributed by atoms with van der Waals surface area (Å²) in [4.78, 5) is 11.0. The highest BCUT2D eigenvalue weighted by Gasteiger charge is 2.03. The molecule has 0 unspecified atom stereocenters. The number of carbonyl (C=O) groups excluding carboxylic acids is 1. The smallest absolute Gasteiger partial charge is 0.229 e. The minimum Gasteiger partial charge on any atom is -0.491 e. The lowest BCUT2D eigenvalue weighted by molar-refractivity contribution is -0.118. The molecule has 1 aromatic heterocycles. The van der Waals surface area contributed by atoms with E-state index in [0.29, 0.717) is 42.4 Å². The minimum atomic E-state index is 0.0125. The van der Waals surface area contributed by atoms with Crippen molar-refractivity contribution < 1.29 is 14.3 Å². The van der Waals surface area contributed by atoms with Gasteiger partial charge in [0.2, 0.25) is 11.7 Å². The summed E-state index contributed by atoms with van der Waals surface area (Å²) < 4.78 is 11.4. The van der Waals surface area contributed by atoms with E-state index in [4.69, 9.17) is 9.47 Å². The predicted molar refractivity (Wildman–Crippen MR) is 96.0 cm³/mol. The first kappa shape index (κ1) is 18.5. The standard InChI is InChI=1S/C15H18IN5O3/c1-11-18-20-15(21-19-11)12-2-4-13(5-3-12)24-9-8-23-7-6-17-14(22)10-16/h2-5H,6-10H2,1H3,(H,17,22). The van der Waals surface area contributed by atoms with E-state index >= 15 is 0 Å². The third-order valence-corrected chi connectivity index (χ3v) is 3.57. The Morgan fingerprint density at radius 3 is 2.46 bits per heavy atom. The van der Waals surface area contributed by atoms with Crippen LogP contribution in [-0.4, -0.2) is 57.1 Å². The van der Waals surface area contributed by atoms with Crippen molar-refractivity contribution >= 4 is 28.5 Å². The van der Waals surface area contributed by atoms with Gasteiger partial charge in [-0.1, -0.05) is 22.6 Å². The average Bonchev–Trinajstić information content (AvgIpc) is 2.62. The minimum absolute atomic E-state index is 0.0125. The lowest BCUT2D eigenvalue weighted by Gasteiger charge is -2.08. The number of amides is 1. The molecule has 0 radical (unpaired) electrons. The number of ether oxygens (including phenoxy) is 2. The Balaban J connectivity index is 1.67. The van der Waals surface area contributed by atoms with Crippen molar-refractivity contribution in [2.75, 3.05) is 30.8 Å². The lowest BCUT2D eigenvalue weighted by Crippen LogP contribution is -2.28. The van der Waals surface area contributed by atoms with Crippen molar-refractivity contribution in [2.24, 2.45) is 0 Å². The van der Waals surface area contributed by atoms with Crippen LogP contribution in [0.4, 0.5) is 0 Å². The first-order chi connectivity index (χ1) is 11.7. The van der Waals surface area contributed by atoms with Crippen molar-refractivity contribution in [2.45, 2.75) is 6.92 Å². The van der Waals surface area contributed by atoms with Crippen molar-refractivity contribution in [1.82, 2.24) is 25.7 Å². The topological polar surface area (TPSA) is 99.1 Å². The third kappa shape index (κ3) is 6.32. The molecule has 1 N–H and O–H groups in total. The summed E-state index contributed by atoms with van der Waals surface area (Å²) in [6.07, 6.45) is 0. The molecule has 0 atom stereocenters. The molecule has 1 amide bonds. The zero-order valence-electron chi connectivity index (χ0n) is 13.2. The number of aromatic nitrogens is 4. The van der Waals surface area contributed by atoms with Gasteiger partial charge in [-0.15, -0.1) is 20.4 Å². The van der Waals surface area contributed by atoms with Crippen LogP contribution in [-0.2, 0) is 9.53 Å². The number of carbonyl (C=O) groups is 1. The molecule has 128 valence electrons. The maximum atomic E-state index is 11.0. The molecule has 9 heteroatoms. The first-order valence-electron chi connectivity index (χ1n) is 7.36. The molecule has 2 aromatic rings. The Morgan fingerprint density at radius 1 is 1.08 bits per heavy atom. The molecule has 0 aliphatic carbocycles. The second-order valence-corrected chi connectivity index (χ2v) is 5.50. The third-order valence-electron chi connectivity index (χ3n) is 2.88. The average molecular weight is 443 g/mol. The van der Waals surface area contributed by atoms with E-state index in [1.54, 1.807) is 6.92 Å². The lowest BCUT2D eigenvalue weighted by atomic mass is 10.2. The van der Waals surface area contributed by atoms with Crippen LogP contribution in [0.15, 0.2) is 24.3 Å².